The van der Waals surface area contributed by atoms with Gasteiger partial charge in [0, 0.05) is 74.4 Å². The van der Waals surface area contributed by atoms with E-state index in [-0.39, 0.29) is 5.91 Å². The van der Waals surface area contributed by atoms with E-state index in [1.807, 2.05) is 66.7 Å². The third kappa shape index (κ3) is 7.50. The topological polar surface area (TPSA) is 218 Å². The lowest BCUT2D eigenvalue weighted by Gasteiger charge is -2.12. The van der Waals surface area contributed by atoms with Crippen LogP contribution >= 0.6 is 0 Å². The standard InChI is InChI=1S/C41H46N12O5/c1-7-52-31(17-24(4)48-52)38-44-22-29-28-19-27(37(43)55)21-33(58-15-11-14-57-6)35(28)50(39(29)46-38)12-9-10-13-51-34-23(3)16-26(36(42)54)20-30(34)45-41(51)47-40(56)32-18-25(5)49-53(32)8-2/h9-10,16-22H,7-8,11-15H2,1-6H3,(H2,42,54)(H2,43,55)(H,45,47,56). The van der Waals surface area contributed by atoms with Gasteiger partial charge in [-0.3, -0.25) is 29.1 Å². The molecule has 0 aliphatic heterocycles. The summed E-state index contributed by atoms with van der Waals surface area (Å²) in [6.45, 7) is 12.2. The van der Waals surface area contributed by atoms with Crippen molar-refractivity contribution in [2.75, 3.05) is 25.6 Å². The molecule has 5 heterocycles. The Morgan fingerprint density at radius 2 is 1.48 bits per heavy atom. The van der Waals surface area contributed by atoms with Crippen molar-refractivity contribution in [3.05, 3.63) is 88.5 Å². The Bertz CT molecular complexity index is 2750. The number of benzene rings is 2. The molecule has 0 aliphatic carbocycles. The first-order valence-electron chi connectivity index (χ1n) is 19.0. The molecular formula is C41H46N12O5. The van der Waals surface area contributed by atoms with Crippen LogP contribution in [0.2, 0.25) is 0 Å². The highest BCUT2D eigenvalue weighted by atomic mass is 16.5. The minimum atomic E-state index is -0.590. The monoisotopic (exact) mass is 786 g/mol. The third-order valence-electron chi connectivity index (χ3n) is 9.84. The number of hydrogen-bond donors (Lipinski definition) is 3. The van der Waals surface area contributed by atoms with Gasteiger partial charge in [0.1, 0.15) is 22.8 Å². The van der Waals surface area contributed by atoms with Gasteiger partial charge >= 0.3 is 0 Å². The van der Waals surface area contributed by atoms with Crippen LogP contribution in [0.1, 0.15) is 68.4 Å². The molecule has 0 atom stereocenters. The number of aryl methyl sites for hydroxylation is 5. The minimum Gasteiger partial charge on any atom is -0.491 e. The van der Waals surface area contributed by atoms with E-state index in [0.29, 0.717) is 113 Å². The van der Waals surface area contributed by atoms with E-state index >= 15 is 0 Å². The maximum atomic E-state index is 13.6. The van der Waals surface area contributed by atoms with Gasteiger partial charge in [-0.2, -0.15) is 10.2 Å². The van der Waals surface area contributed by atoms with Crippen LogP contribution in [0.4, 0.5) is 5.95 Å². The summed E-state index contributed by atoms with van der Waals surface area (Å²) in [5.41, 5.74) is 18.1. The Morgan fingerprint density at radius 1 is 0.793 bits per heavy atom. The quantitative estimate of drug-likeness (QED) is 0.0872. The van der Waals surface area contributed by atoms with Crippen molar-refractivity contribution in [3.63, 3.8) is 0 Å². The van der Waals surface area contributed by atoms with Gasteiger partial charge in [0.25, 0.3) is 5.91 Å². The number of carbonyl (C=O) groups excluding carboxylic acids is 3. The van der Waals surface area contributed by atoms with Crippen LogP contribution in [0, 0.1) is 20.8 Å². The molecule has 0 fully saturated rings. The second-order valence-corrected chi connectivity index (χ2v) is 13.9. The summed E-state index contributed by atoms with van der Waals surface area (Å²) in [6, 6.07) is 10.4. The zero-order valence-corrected chi connectivity index (χ0v) is 33.4. The summed E-state index contributed by atoms with van der Waals surface area (Å²) in [5, 5.41) is 13.4. The zero-order valence-electron chi connectivity index (χ0n) is 33.4. The number of hydrogen-bond acceptors (Lipinski definition) is 10. The van der Waals surface area contributed by atoms with Gasteiger partial charge < -0.3 is 30.1 Å². The number of amides is 3. The first-order chi connectivity index (χ1) is 27.9. The number of imidazole rings is 1. The molecule has 17 heteroatoms. The van der Waals surface area contributed by atoms with E-state index < -0.39 is 11.8 Å². The number of primary amides is 2. The Labute approximate surface area is 333 Å². The first kappa shape index (κ1) is 39.4. The zero-order chi connectivity index (χ0) is 41.2. The molecular weight excluding hydrogens is 741 g/mol. The van der Waals surface area contributed by atoms with Crippen LogP contribution in [0.3, 0.4) is 0 Å². The summed E-state index contributed by atoms with van der Waals surface area (Å²) in [6.07, 6.45) is 6.33. The third-order valence-corrected chi connectivity index (χ3v) is 9.84. The van der Waals surface area contributed by atoms with Crippen molar-refractivity contribution >= 4 is 56.6 Å². The van der Waals surface area contributed by atoms with Crippen molar-refractivity contribution in [1.82, 2.24) is 43.6 Å². The lowest BCUT2D eigenvalue weighted by molar-refractivity contribution is 0.0991. The molecule has 0 bridgehead atoms. The van der Waals surface area contributed by atoms with Gasteiger partial charge in [-0.25, -0.2) is 15.0 Å². The van der Waals surface area contributed by atoms with Crippen molar-refractivity contribution in [1.29, 1.82) is 0 Å². The highest BCUT2D eigenvalue weighted by molar-refractivity contribution is 6.12. The van der Waals surface area contributed by atoms with E-state index in [2.05, 4.69) is 15.5 Å². The van der Waals surface area contributed by atoms with E-state index in [1.165, 1.54) is 0 Å². The molecule has 0 aliphatic rings. The SMILES string of the molecule is CCn1nc(C)cc1C(=O)Nc1nc2cc(C(N)=O)cc(C)c2n1CC=CCn1c2nc(-c3cc(C)nn3CC)ncc2c2cc(C(N)=O)cc(OCCCOC)c21. The smallest absolute Gasteiger partial charge is 0.276 e. The fourth-order valence-corrected chi connectivity index (χ4v) is 7.26. The molecule has 17 nitrogen and oxygen atoms in total. The van der Waals surface area contributed by atoms with Crippen molar-refractivity contribution in [3.8, 4) is 17.3 Å². The van der Waals surface area contributed by atoms with E-state index in [4.69, 9.17) is 35.9 Å². The molecule has 7 rings (SSSR count). The number of fused-ring (bicyclic) bond motifs is 4. The maximum absolute atomic E-state index is 13.6. The molecule has 7 aromatic rings. The number of methoxy groups -OCH3 is 1. The number of nitrogens with one attached hydrogen (secondary N) is 1. The van der Waals surface area contributed by atoms with E-state index in [9.17, 15) is 14.4 Å². The van der Waals surface area contributed by atoms with Crippen LogP contribution in [-0.4, -0.2) is 81.7 Å². The average Bonchev–Trinajstić information content (AvgIpc) is 3.96. The number of allylic oxidation sites excluding steroid dienone is 2. The highest BCUT2D eigenvalue weighted by Gasteiger charge is 2.23. The molecule has 5 N–H and O–H groups in total. The molecule has 300 valence electrons. The van der Waals surface area contributed by atoms with Crippen molar-refractivity contribution in [2.24, 2.45) is 11.5 Å². The van der Waals surface area contributed by atoms with Gasteiger partial charge in [-0.1, -0.05) is 12.2 Å². The second kappa shape index (κ2) is 16.3. The maximum Gasteiger partial charge on any atom is 0.276 e. The molecule has 0 spiro atoms. The van der Waals surface area contributed by atoms with Crippen molar-refractivity contribution in [2.45, 2.75) is 67.2 Å². The van der Waals surface area contributed by atoms with Crippen LogP contribution in [-0.2, 0) is 30.9 Å². The Kier molecular flexibility index (Phi) is 11.1. The molecule has 0 saturated heterocycles. The van der Waals surface area contributed by atoms with E-state index in [1.54, 1.807) is 48.3 Å². The van der Waals surface area contributed by atoms with E-state index in [0.717, 1.165) is 22.5 Å². The Balaban J connectivity index is 1.32. The number of anilines is 1. The van der Waals surface area contributed by atoms with Gasteiger partial charge in [-0.05, 0) is 76.6 Å². The van der Waals surface area contributed by atoms with Crippen LogP contribution in [0.25, 0.3) is 44.5 Å². The number of aromatic nitrogens is 9. The summed E-state index contributed by atoms with van der Waals surface area (Å²) >= 11 is 0. The number of nitrogens with zero attached hydrogens (tertiary/aromatic N) is 9. The van der Waals surface area contributed by atoms with Crippen LogP contribution in [0.5, 0.6) is 5.75 Å². The Morgan fingerprint density at radius 3 is 2.19 bits per heavy atom. The number of ether oxygens (including phenoxy) is 2. The summed E-state index contributed by atoms with van der Waals surface area (Å²) < 4.78 is 18.9. The van der Waals surface area contributed by atoms with Crippen molar-refractivity contribution < 1.29 is 23.9 Å². The first-order valence-corrected chi connectivity index (χ1v) is 19.0. The lowest BCUT2D eigenvalue weighted by atomic mass is 10.1. The number of rotatable bonds is 16. The van der Waals surface area contributed by atoms with Gasteiger partial charge in [-0.15, -0.1) is 0 Å². The molecule has 2 aromatic carbocycles. The highest BCUT2D eigenvalue weighted by Crippen LogP contribution is 2.36. The van der Waals surface area contributed by atoms with Gasteiger partial charge in [0.15, 0.2) is 5.82 Å². The fourth-order valence-electron chi connectivity index (χ4n) is 7.26. The molecule has 0 unspecified atom stereocenters. The minimum absolute atomic E-state index is 0.290. The van der Waals surface area contributed by atoms with Crippen LogP contribution < -0.4 is 21.5 Å². The van der Waals surface area contributed by atoms with Gasteiger partial charge in [0.2, 0.25) is 17.8 Å². The van der Waals surface area contributed by atoms with Gasteiger partial charge in [0.05, 0.1) is 34.5 Å². The molecule has 0 saturated carbocycles. The molecule has 3 amide bonds. The molecule has 0 radical (unpaired) electrons. The lowest BCUT2D eigenvalue weighted by Crippen LogP contribution is -2.20. The number of carbonyl (C=O) groups is 3. The normalized spacial score (nSPS) is 11.8. The predicted octanol–water partition coefficient (Wildman–Crippen LogP) is 5.08. The predicted molar refractivity (Wildman–Crippen MR) is 220 cm³/mol. The van der Waals surface area contributed by atoms with Crippen LogP contribution in [0.15, 0.2) is 54.7 Å². The summed E-state index contributed by atoms with van der Waals surface area (Å²) in [4.78, 5) is 52.9. The Hall–Kier alpha value is -6.88. The summed E-state index contributed by atoms with van der Waals surface area (Å²) in [7, 11) is 1.63. The average molecular weight is 787 g/mol. The molecule has 58 heavy (non-hydrogen) atoms. The fraction of sp³-hybridized carbons (Fsp3) is 0.317. The number of nitrogens with two attached hydrogens (primary N) is 2. The molecule has 5 aromatic heterocycles. The second-order valence-electron chi connectivity index (χ2n) is 13.9. The largest absolute Gasteiger partial charge is 0.491 e. The summed E-state index contributed by atoms with van der Waals surface area (Å²) in [5.74, 6) is -0.283.